The number of aliphatic carboxylic acids is 1. The Kier molecular flexibility index (Phi) is 6.12. The number of carbonyl (C=O) groups excluding carboxylic acids is 1. The first kappa shape index (κ1) is 15.8. The van der Waals surface area contributed by atoms with Crippen LogP contribution in [-0.2, 0) is 4.79 Å². The van der Waals surface area contributed by atoms with Gasteiger partial charge in [0.1, 0.15) is 6.54 Å². The molecule has 1 unspecified atom stereocenters. The summed E-state index contributed by atoms with van der Waals surface area (Å²) in [6.45, 7) is 3.65. The number of urea groups is 1. The summed E-state index contributed by atoms with van der Waals surface area (Å²) >= 11 is 0. The van der Waals surface area contributed by atoms with Crippen LogP contribution in [0.5, 0.6) is 0 Å². The number of carbonyl (C=O) groups is 2. The molecule has 1 aliphatic rings. The van der Waals surface area contributed by atoms with Crippen molar-refractivity contribution in [3.63, 3.8) is 0 Å². The molecule has 1 fully saturated rings. The highest BCUT2D eigenvalue weighted by Gasteiger charge is 2.29. The van der Waals surface area contributed by atoms with Gasteiger partial charge in [-0.1, -0.05) is 26.2 Å². The minimum absolute atomic E-state index is 0.0466. The first-order valence-corrected chi connectivity index (χ1v) is 7.22. The molecular formula is C14H26N2O3. The van der Waals surface area contributed by atoms with Gasteiger partial charge in [-0.15, -0.1) is 0 Å². The highest BCUT2D eigenvalue weighted by molar-refractivity contribution is 5.80. The second-order valence-electron chi connectivity index (χ2n) is 5.46. The lowest BCUT2D eigenvalue weighted by Crippen LogP contribution is -2.51. The zero-order valence-electron chi connectivity index (χ0n) is 12.3. The predicted molar refractivity (Wildman–Crippen MR) is 74.1 cm³/mol. The van der Waals surface area contributed by atoms with E-state index >= 15 is 0 Å². The number of rotatable bonds is 5. The average molecular weight is 270 g/mol. The third kappa shape index (κ3) is 4.40. The molecule has 1 aliphatic carbocycles. The number of nitrogens with zero attached hydrogens (tertiary/aromatic N) is 2. The molecule has 0 aromatic rings. The Balaban J connectivity index is 2.70. The van der Waals surface area contributed by atoms with Crippen molar-refractivity contribution in [1.82, 2.24) is 9.80 Å². The second-order valence-corrected chi connectivity index (χ2v) is 5.46. The van der Waals surface area contributed by atoms with Crippen molar-refractivity contribution in [2.75, 3.05) is 13.6 Å². The SMILES string of the molecule is CCC(C)N(CC(=O)O)C(=O)N(C)C1CCCCC1. The Bertz CT molecular complexity index is 314. The monoisotopic (exact) mass is 270 g/mol. The summed E-state index contributed by atoms with van der Waals surface area (Å²) in [7, 11) is 1.80. The van der Waals surface area contributed by atoms with Gasteiger partial charge in [0, 0.05) is 19.1 Å². The van der Waals surface area contributed by atoms with Crippen LogP contribution in [0.4, 0.5) is 4.79 Å². The van der Waals surface area contributed by atoms with Crippen LogP contribution in [0.1, 0.15) is 52.4 Å². The summed E-state index contributed by atoms with van der Waals surface area (Å²) in [6, 6.07) is 0.0693. The first-order valence-electron chi connectivity index (χ1n) is 7.22. The van der Waals surface area contributed by atoms with Crippen LogP contribution in [0.25, 0.3) is 0 Å². The molecular weight excluding hydrogens is 244 g/mol. The van der Waals surface area contributed by atoms with E-state index in [1.165, 1.54) is 11.3 Å². The topological polar surface area (TPSA) is 60.9 Å². The lowest BCUT2D eigenvalue weighted by atomic mass is 9.94. The Hall–Kier alpha value is -1.26. The smallest absolute Gasteiger partial charge is 0.323 e. The van der Waals surface area contributed by atoms with Crippen molar-refractivity contribution in [1.29, 1.82) is 0 Å². The fourth-order valence-corrected chi connectivity index (χ4v) is 2.61. The van der Waals surface area contributed by atoms with Gasteiger partial charge in [0.25, 0.3) is 0 Å². The maximum Gasteiger partial charge on any atom is 0.323 e. The molecule has 0 aromatic carbocycles. The fraction of sp³-hybridized carbons (Fsp3) is 0.857. The molecule has 110 valence electrons. The van der Waals surface area contributed by atoms with Crippen LogP contribution in [-0.4, -0.2) is 52.6 Å². The van der Waals surface area contributed by atoms with Crippen molar-refractivity contribution in [2.24, 2.45) is 0 Å². The van der Waals surface area contributed by atoms with E-state index in [1.54, 1.807) is 11.9 Å². The molecule has 0 radical (unpaired) electrons. The molecule has 1 atom stereocenters. The van der Waals surface area contributed by atoms with E-state index < -0.39 is 5.97 Å². The average Bonchev–Trinajstić information content (AvgIpc) is 2.43. The van der Waals surface area contributed by atoms with Crippen LogP contribution in [0, 0.1) is 0 Å². The number of hydrogen-bond donors (Lipinski definition) is 1. The van der Waals surface area contributed by atoms with Gasteiger partial charge in [-0.05, 0) is 26.2 Å². The summed E-state index contributed by atoms with van der Waals surface area (Å²) < 4.78 is 0. The predicted octanol–water partition coefficient (Wildman–Crippen LogP) is 2.56. The van der Waals surface area contributed by atoms with Crippen molar-refractivity contribution in [3.8, 4) is 0 Å². The van der Waals surface area contributed by atoms with Crippen LogP contribution >= 0.6 is 0 Å². The van der Waals surface area contributed by atoms with Gasteiger partial charge in [-0.2, -0.15) is 0 Å². The van der Waals surface area contributed by atoms with Crippen LogP contribution in [0.15, 0.2) is 0 Å². The van der Waals surface area contributed by atoms with E-state index in [0.717, 1.165) is 32.1 Å². The molecule has 0 aliphatic heterocycles. The molecule has 1 saturated carbocycles. The summed E-state index contributed by atoms with van der Waals surface area (Å²) in [6.07, 6.45) is 6.38. The van der Waals surface area contributed by atoms with Gasteiger partial charge in [0.15, 0.2) is 0 Å². The Morgan fingerprint density at radius 2 is 1.84 bits per heavy atom. The molecule has 5 heteroatoms. The van der Waals surface area contributed by atoms with Gasteiger partial charge in [-0.25, -0.2) is 4.79 Å². The lowest BCUT2D eigenvalue weighted by molar-refractivity contribution is -0.138. The molecule has 2 amide bonds. The normalized spacial score (nSPS) is 17.8. The molecule has 1 rings (SSSR count). The van der Waals surface area contributed by atoms with E-state index in [1.807, 2.05) is 13.8 Å². The Morgan fingerprint density at radius 3 is 2.32 bits per heavy atom. The number of hydrogen-bond acceptors (Lipinski definition) is 2. The summed E-state index contributed by atoms with van der Waals surface area (Å²) in [5, 5.41) is 8.96. The fourth-order valence-electron chi connectivity index (χ4n) is 2.61. The molecule has 0 aromatic heterocycles. The quantitative estimate of drug-likeness (QED) is 0.835. The minimum Gasteiger partial charge on any atom is -0.480 e. The largest absolute Gasteiger partial charge is 0.480 e. The molecule has 0 spiro atoms. The van der Waals surface area contributed by atoms with Crippen LogP contribution in [0.3, 0.4) is 0 Å². The van der Waals surface area contributed by atoms with E-state index in [-0.39, 0.29) is 24.7 Å². The van der Waals surface area contributed by atoms with Gasteiger partial charge in [-0.3, -0.25) is 4.79 Å². The standard InChI is InChI=1S/C14H26N2O3/c1-4-11(2)16(10-13(17)18)14(19)15(3)12-8-6-5-7-9-12/h11-12H,4-10H2,1-3H3,(H,17,18). The zero-order valence-corrected chi connectivity index (χ0v) is 12.3. The van der Waals surface area contributed by atoms with Gasteiger partial charge < -0.3 is 14.9 Å². The zero-order chi connectivity index (χ0) is 14.4. The number of carboxylic acids is 1. The summed E-state index contributed by atoms with van der Waals surface area (Å²) in [5.41, 5.74) is 0. The first-order chi connectivity index (χ1) is 8.97. The maximum absolute atomic E-state index is 12.5. The van der Waals surface area contributed by atoms with Crippen LogP contribution in [0.2, 0.25) is 0 Å². The lowest BCUT2D eigenvalue weighted by Gasteiger charge is -2.37. The maximum atomic E-state index is 12.5. The molecule has 0 bridgehead atoms. The summed E-state index contributed by atoms with van der Waals surface area (Å²) in [4.78, 5) is 26.6. The highest BCUT2D eigenvalue weighted by atomic mass is 16.4. The van der Waals surface area contributed by atoms with Gasteiger partial charge >= 0.3 is 12.0 Å². The van der Waals surface area contributed by atoms with Gasteiger partial charge in [0.2, 0.25) is 0 Å². The molecule has 0 heterocycles. The van der Waals surface area contributed by atoms with E-state index in [4.69, 9.17) is 5.11 Å². The van der Waals surface area contributed by atoms with Gasteiger partial charge in [0.05, 0.1) is 0 Å². The minimum atomic E-state index is -0.953. The second kappa shape index (κ2) is 7.36. The van der Waals surface area contributed by atoms with E-state index in [9.17, 15) is 9.59 Å². The van der Waals surface area contributed by atoms with Crippen molar-refractivity contribution in [2.45, 2.75) is 64.5 Å². The van der Waals surface area contributed by atoms with E-state index in [0.29, 0.717) is 0 Å². The summed E-state index contributed by atoms with van der Waals surface area (Å²) in [5.74, 6) is -0.953. The van der Waals surface area contributed by atoms with Crippen molar-refractivity contribution >= 4 is 12.0 Å². The molecule has 19 heavy (non-hydrogen) atoms. The third-order valence-electron chi connectivity index (χ3n) is 4.10. The Labute approximate surface area is 115 Å². The van der Waals surface area contributed by atoms with E-state index in [2.05, 4.69) is 0 Å². The number of carboxylic acid groups (broad SMARTS) is 1. The van der Waals surface area contributed by atoms with Crippen molar-refractivity contribution < 1.29 is 14.7 Å². The highest BCUT2D eigenvalue weighted by Crippen LogP contribution is 2.23. The molecule has 1 N–H and O–H groups in total. The number of amides is 2. The van der Waals surface area contributed by atoms with Crippen molar-refractivity contribution in [3.05, 3.63) is 0 Å². The third-order valence-corrected chi connectivity index (χ3v) is 4.10. The molecule has 0 saturated heterocycles. The molecule has 5 nitrogen and oxygen atoms in total. The van der Waals surface area contributed by atoms with Crippen LogP contribution < -0.4 is 0 Å². The Morgan fingerprint density at radius 1 is 1.26 bits per heavy atom.